The van der Waals surface area contributed by atoms with E-state index in [1.165, 1.54) is 38.0 Å². The van der Waals surface area contributed by atoms with Crippen molar-refractivity contribution in [3.63, 3.8) is 0 Å². The number of aryl methyl sites for hydroxylation is 1. The average Bonchev–Trinajstić information content (AvgIpc) is 2.77. The SMILES string of the molecule is CCCCc1ccc(C2CCC(OC/C(CC)=C(F)/C(F)=C(\C)OC)OC2)cc1. The number of hydrogen-bond donors (Lipinski definition) is 0. The number of methoxy groups -OCH3 is 1. The minimum absolute atomic E-state index is 0.00814. The van der Waals surface area contributed by atoms with E-state index in [2.05, 4.69) is 31.2 Å². The van der Waals surface area contributed by atoms with Crippen LogP contribution in [0.3, 0.4) is 0 Å². The second kappa shape index (κ2) is 12.1. The first-order valence-corrected chi connectivity index (χ1v) is 10.6. The molecule has 2 atom stereocenters. The molecule has 1 saturated heterocycles. The van der Waals surface area contributed by atoms with Crippen LogP contribution in [0.4, 0.5) is 8.78 Å². The minimum Gasteiger partial charge on any atom is -0.498 e. The zero-order valence-electron chi connectivity index (χ0n) is 18.1. The van der Waals surface area contributed by atoms with E-state index in [1.807, 2.05) is 0 Å². The van der Waals surface area contributed by atoms with Crippen LogP contribution in [-0.4, -0.2) is 26.6 Å². The van der Waals surface area contributed by atoms with Gasteiger partial charge in [-0.1, -0.05) is 44.5 Å². The first-order valence-electron chi connectivity index (χ1n) is 10.6. The van der Waals surface area contributed by atoms with Gasteiger partial charge in [0.05, 0.1) is 20.3 Å². The molecule has 29 heavy (non-hydrogen) atoms. The summed E-state index contributed by atoms with van der Waals surface area (Å²) < 4.78 is 44.6. The first-order chi connectivity index (χ1) is 14.0. The summed E-state index contributed by atoms with van der Waals surface area (Å²) >= 11 is 0. The summed E-state index contributed by atoms with van der Waals surface area (Å²) in [6, 6.07) is 8.80. The Bertz CT molecular complexity index is 687. The van der Waals surface area contributed by atoms with Crippen LogP contribution in [0.1, 0.15) is 69.9 Å². The Labute approximate surface area is 173 Å². The van der Waals surface area contributed by atoms with Gasteiger partial charge in [0.1, 0.15) is 5.76 Å². The summed E-state index contributed by atoms with van der Waals surface area (Å²) in [6.07, 6.45) is 5.19. The fourth-order valence-electron chi connectivity index (χ4n) is 3.37. The summed E-state index contributed by atoms with van der Waals surface area (Å²) in [5, 5.41) is 0. The molecule has 162 valence electrons. The molecule has 3 nitrogen and oxygen atoms in total. The second-order valence-corrected chi connectivity index (χ2v) is 7.54. The van der Waals surface area contributed by atoms with Crippen molar-refractivity contribution in [2.75, 3.05) is 20.3 Å². The lowest BCUT2D eigenvalue weighted by molar-refractivity contribution is -0.162. The van der Waals surface area contributed by atoms with Gasteiger partial charge in [-0.15, -0.1) is 0 Å². The van der Waals surface area contributed by atoms with Crippen molar-refractivity contribution < 1.29 is 23.0 Å². The molecule has 1 fully saturated rings. The maximum atomic E-state index is 14.3. The van der Waals surface area contributed by atoms with E-state index in [4.69, 9.17) is 14.2 Å². The Balaban J connectivity index is 1.86. The van der Waals surface area contributed by atoms with Crippen molar-refractivity contribution >= 4 is 0 Å². The topological polar surface area (TPSA) is 27.7 Å². The van der Waals surface area contributed by atoms with E-state index < -0.39 is 11.7 Å². The van der Waals surface area contributed by atoms with Gasteiger partial charge >= 0.3 is 0 Å². The number of hydrogen-bond acceptors (Lipinski definition) is 3. The van der Waals surface area contributed by atoms with E-state index in [9.17, 15) is 8.78 Å². The van der Waals surface area contributed by atoms with Crippen molar-refractivity contribution in [3.8, 4) is 0 Å². The molecule has 2 unspecified atom stereocenters. The maximum absolute atomic E-state index is 14.3. The Kier molecular flexibility index (Phi) is 9.82. The lowest BCUT2D eigenvalue weighted by Gasteiger charge is -2.29. The lowest BCUT2D eigenvalue weighted by atomic mass is 9.92. The number of ether oxygens (including phenoxy) is 3. The smallest absolute Gasteiger partial charge is 0.196 e. The summed E-state index contributed by atoms with van der Waals surface area (Å²) in [5.41, 5.74) is 2.93. The molecule has 0 bridgehead atoms. The van der Waals surface area contributed by atoms with Gasteiger partial charge < -0.3 is 14.2 Å². The van der Waals surface area contributed by atoms with Crippen LogP contribution in [-0.2, 0) is 20.6 Å². The molecule has 0 saturated carbocycles. The highest BCUT2D eigenvalue weighted by atomic mass is 19.2. The van der Waals surface area contributed by atoms with Crippen molar-refractivity contribution in [1.29, 1.82) is 0 Å². The van der Waals surface area contributed by atoms with Crippen LogP contribution in [0.25, 0.3) is 0 Å². The Morgan fingerprint density at radius 3 is 2.38 bits per heavy atom. The van der Waals surface area contributed by atoms with Gasteiger partial charge in [-0.25, -0.2) is 8.78 Å². The van der Waals surface area contributed by atoms with E-state index >= 15 is 0 Å². The average molecular weight is 409 g/mol. The highest BCUT2D eigenvalue weighted by molar-refractivity contribution is 5.27. The molecular formula is C24H34F2O3. The Morgan fingerprint density at radius 2 is 1.83 bits per heavy atom. The largest absolute Gasteiger partial charge is 0.498 e. The van der Waals surface area contributed by atoms with Gasteiger partial charge in [-0.3, -0.25) is 0 Å². The predicted molar refractivity (Wildman–Crippen MR) is 112 cm³/mol. The number of benzene rings is 1. The third-order valence-corrected chi connectivity index (χ3v) is 5.49. The third-order valence-electron chi connectivity index (χ3n) is 5.49. The van der Waals surface area contributed by atoms with Gasteiger partial charge in [0, 0.05) is 5.92 Å². The highest BCUT2D eigenvalue weighted by Crippen LogP contribution is 2.30. The maximum Gasteiger partial charge on any atom is 0.196 e. The fourth-order valence-corrected chi connectivity index (χ4v) is 3.37. The second-order valence-electron chi connectivity index (χ2n) is 7.54. The standard InChI is InChI=1S/C24H34F2O3/c1-5-7-8-18-9-11-20(12-10-18)21-13-14-22(29-16-21)28-15-19(6-2)24(26)23(25)17(3)27-4/h9-12,21-22H,5-8,13-16H2,1-4H3/b23-17-,24-19-. The quantitative estimate of drug-likeness (QED) is 0.317. The van der Waals surface area contributed by atoms with Crippen LogP contribution in [0.5, 0.6) is 0 Å². The van der Waals surface area contributed by atoms with Crippen molar-refractivity contribution in [2.45, 2.75) is 71.5 Å². The molecule has 0 N–H and O–H groups in total. The molecule has 1 aliphatic rings. The Morgan fingerprint density at radius 1 is 1.10 bits per heavy atom. The van der Waals surface area contributed by atoms with E-state index in [0.29, 0.717) is 18.9 Å². The number of rotatable bonds is 10. The zero-order chi connectivity index (χ0) is 21.2. The molecule has 0 amide bonds. The van der Waals surface area contributed by atoms with Crippen LogP contribution >= 0.6 is 0 Å². The summed E-state index contributed by atoms with van der Waals surface area (Å²) in [7, 11) is 1.31. The van der Waals surface area contributed by atoms with Gasteiger partial charge in [-0.2, -0.15) is 0 Å². The van der Waals surface area contributed by atoms with E-state index in [-0.39, 0.29) is 24.2 Å². The van der Waals surface area contributed by atoms with Crippen LogP contribution in [0.15, 0.2) is 47.3 Å². The predicted octanol–water partition coefficient (Wildman–Crippen LogP) is 6.75. The van der Waals surface area contributed by atoms with Gasteiger partial charge in [0.25, 0.3) is 0 Å². The zero-order valence-corrected chi connectivity index (χ0v) is 18.1. The summed E-state index contributed by atoms with van der Waals surface area (Å²) in [4.78, 5) is 0. The molecule has 1 heterocycles. The molecular weight excluding hydrogens is 374 g/mol. The molecule has 0 spiro atoms. The van der Waals surface area contributed by atoms with Crippen molar-refractivity contribution in [3.05, 3.63) is 58.4 Å². The van der Waals surface area contributed by atoms with Crippen molar-refractivity contribution in [1.82, 2.24) is 0 Å². The van der Waals surface area contributed by atoms with Crippen molar-refractivity contribution in [2.24, 2.45) is 0 Å². The summed E-state index contributed by atoms with van der Waals surface area (Å²) in [5.74, 6) is -1.60. The van der Waals surface area contributed by atoms with E-state index in [0.717, 1.165) is 19.3 Å². The molecule has 1 aliphatic heterocycles. The fraction of sp³-hybridized carbons (Fsp3) is 0.583. The minimum atomic E-state index is -0.972. The van der Waals surface area contributed by atoms with Gasteiger partial charge in [0.15, 0.2) is 17.9 Å². The lowest BCUT2D eigenvalue weighted by Crippen LogP contribution is -2.27. The normalized spacial score (nSPS) is 21.4. The molecule has 5 heteroatoms. The summed E-state index contributed by atoms with van der Waals surface area (Å²) in [6.45, 7) is 5.95. The molecule has 1 aromatic carbocycles. The molecule has 0 aromatic heterocycles. The van der Waals surface area contributed by atoms with Crippen LogP contribution in [0, 0.1) is 0 Å². The molecule has 0 radical (unpaired) electrons. The van der Waals surface area contributed by atoms with Crippen LogP contribution < -0.4 is 0 Å². The van der Waals surface area contributed by atoms with Crippen LogP contribution in [0.2, 0.25) is 0 Å². The molecule has 1 aromatic rings. The van der Waals surface area contributed by atoms with Gasteiger partial charge in [-0.05, 0) is 55.7 Å². The number of unbranched alkanes of at least 4 members (excludes halogenated alkanes) is 1. The number of allylic oxidation sites excluding steroid dienone is 3. The molecule has 2 rings (SSSR count). The highest BCUT2D eigenvalue weighted by Gasteiger charge is 2.24. The molecule has 0 aliphatic carbocycles. The van der Waals surface area contributed by atoms with E-state index in [1.54, 1.807) is 6.92 Å². The van der Waals surface area contributed by atoms with Gasteiger partial charge in [0.2, 0.25) is 0 Å². The first kappa shape index (κ1) is 23.6. The number of halogens is 2. The Hall–Kier alpha value is -1.72. The monoisotopic (exact) mass is 408 g/mol. The third kappa shape index (κ3) is 6.93.